The lowest BCUT2D eigenvalue weighted by molar-refractivity contribution is -0.127. The second-order valence-electron chi connectivity index (χ2n) is 7.14. The number of amides is 1. The zero-order valence-electron chi connectivity index (χ0n) is 12.0. The lowest BCUT2D eigenvalue weighted by atomic mass is 9.53. The molecule has 0 aromatic carbocycles. The molecule has 6 nitrogen and oxygen atoms in total. The predicted molar refractivity (Wildman–Crippen MR) is 73.8 cm³/mol. The summed E-state index contributed by atoms with van der Waals surface area (Å²) in [6.07, 6.45) is 8.93. The summed E-state index contributed by atoms with van der Waals surface area (Å²) in [5.41, 5.74) is 0.0205. The molecule has 110 valence electrons. The Morgan fingerprint density at radius 3 is 2.52 bits per heavy atom. The van der Waals surface area contributed by atoms with Gasteiger partial charge in [-0.1, -0.05) is 0 Å². The van der Waals surface area contributed by atoms with Crippen molar-refractivity contribution in [2.45, 2.75) is 50.6 Å². The van der Waals surface area contributed by atoms with Gasteiger partial charge in [-0.2, -0.15) is 5.26 Å². The van der Waals surface area contributed by atoms with Gasteiger partial charge in [-0.05, 0) is 56.3 Å². The number of aromatic nitrogens is 3. The van der Waals surface area contributed by atoms with Crippen LogP contribution in [0.1, 0.15) is 44.3 Å². The highest BCUT2D eigenvalue weighted by Gasteiger charge is 2.51. The number of carbonyl (C=O) groups is 1. The molecule has 0 atom stereocenters. The lowest BCUT2D eigenvalue weighted by Crippen LogP contribution is -2.60. The third-order valence-corrected chi connectivity index (χ3v) is 5.47. The van der Waals surface area contributed by atoms with Crippen molar-refractivity contribution in [2.75, 3.05) is 0 Å². The summed E-state index contributed by atoms with van der Waals surface area (Å²) in [4.78, 5) is 12.4. The van der Waals surface area contributed by atoms with Crippen LogP contribution >= 0.6 is 0 Å². The van der Waals surface area contributed by atoms with E-state index in [1.165, 1.54) is 30.2 Å². The first-order valence-corrected chi connectivity index (χ1v) is 7.75. The van der Waals surface area contributed by atoms with Gasteiger partial charge in [-0.15, -0.1) is 10.2 Å². The van der Waals surface area contributed by atoms with Gasteiger partial charge in [0.1, 0.15) is 18.9 Å². The van der Waals surface area contributed by atoms with Gasteiger partial charge in [-0.25, -0.2) is 0 Å². The van der Waals surface area contributed by atoms with Crippen LogP contribution in [0.25, 0.3) is 0 Å². The first-order chi connectivity index (χ1) is 10.2. The highest BCUT2D eigenvalue weighted by Crippen LogP contribution is 2.55. The Labute approximate surface area is 123 Å². The Balaban J connectivity index is 1.46. The number of nitrogens with zero attached hydrogens (tertiary/aromatic N) is 4. The van der Waals surface area contributed by atoms with Crippen LogP contribution in [-0.4, -0.2) is 26.2 Å². The molecule has 0 aliphatic heterocycles. The van der Waals surface area contributed by atoms with Gasteiger partial charge < -0.3 is 5.32 Å². The normalized spacial score (nSPS) is 36.4. The van der Waals surface area contributed by atoms with Crippen LogP contribution < -0.4 is 5.32 Å². The van der Waals surface area contributed by atoms with Crippen LogP contribution in [0.3, 0.4) is 0 Å². The third-order valence-electron chi connectivity index (χ3n) is 5.47. The van der Waals surface area contributed by atoms with E-state index < -0.39 is 0 Å². The summed E-state index contributed by atoms with van der Waals surface area (Å²) in [5, 5.41) is 19.6. The molecule has 4 saturated carbocycles. The van der Waals surface area contributed by atoms with Gasteiger partial charge in [0.05, 0.1) is 0 Å². The van der Waals surface area contributed by atoms with Crippen molar-refractivity contribution in [1.82, 2.24) is 20.1 Å². The fourth-order valence-electron chi connectivity index (χ4n) is 5.21. The molecular weight excluding hydrogens is 266 g/mol. The molecule has 4 bridgehead atoms. The Kier molecular flexibility index (Phi) is 2.78. The fourth-order valence-corrected chi connectivity index (χ4v) is 5.21. The quantitative estimate of drug-likeness (QED) is 0.905. The molecule has 4 aliphatic carbocycles. The summed E-state index contributed by atoms with van der Waals surface area (Å²) >= 11 is 0. The van der Waals surface area contributed by atoms with Gasteiger partial charge >= 0.3 is 0 Å². The molecule has 0 unspecified atom stereocenters. The van der Waals surface area contributed by atoms with E-state index in [2.05, 4.69) is 15.5 Å². The minimum atomic E-state index is -0.0201. The van der Waals surface area contributed by atoms with Crippen LogP contribution in [0.15, 0.2) is 6.33 Å². The van der Waals surface area contributed by atoms with Crippen molar-refractivity contribution in [3.63, 3.8) is 0 Å². The third kappa shape index (κ3) is 2.21. The monoisotopic (exact) mass is 285 g/mol. The largest absolute Gasteiger partial charge is 0.349 e. The summed E-state index contributed by atoms with van der Waals surface area (Å²) in [6, 6.07) is 1.95. The van der Waals surface area contributed by atoms with E-state index >= 15 is 0 Å². The Morgan fingerprint density at radius 1 is 1.33 bits per heavy atom. The SMILES string of the molecule is N#Cc1nncn1CC(=O)NC12CC3CC(CC(C3)C1)C2. The maximum absolute atomic E-state index is 12.4. The Bertz CT molecular complexity index is 579. The van der Waals surface area contributed by atoms with Crippen molar-refractivity contribution in [2.24, 2.45) is 17.8 Å². The minimum Gasteiger partial charge on any atom is -0.349 e. The van der Waals surface area contributed by atoms with Crippen molar-refractivity contribution in [3.05, 3.63) is 12.2 Å². The van der Waals surface area contributed by atoms with E-state index in [1.54, 1.807) is 0 Å². The van der Waals surface area contributed by atoms with Crippen LogP contribution in [0, 0.1) is 29.1 Å². The fraction of sp³-hybridized carbons (Fsp3) is 0.733. The second-order valence-corrected chi connectivity index (χ2v) is 7.14. The van der Waals surface area contributed by atoms with E-state index in [0.717, 1.165) is 37.0 Å². The number of nitriles is 1. The van der Waals surface area contributed by atoms with E-state index in [9.17, 15) is 4.79 Å². The van der Waals surface area contributed by atoms with Crippen molar-refractivity contribution in [3.8, 4) is 6.07 Å². The smallest absolute Gasteiger partial charge is 0.240 e. The minimum absolute atomic E-state index is 0.0201. The molecule has 0 radical (unpaired) electrons. The van der Waals surface area contributed by atoms with Gasteiger partial charge in [0.25, 0.3) is 0 Å². The maximum atomic E-state index is 12.4. The molecule has 1 amide bonds. The average molecular weight is 285 g/mol. The molecule has 6 heteroatoms. The van der Waals surface area contributed by atoms with Crippen LogP contribution in [0.5, 0.6) is 0 Å². The van der Waals surface area contributed by atoms with Gasteiger partial charge in [0, 0.05) is 5.54 Å². The van der Waals surface area contributed by atoms with Crippen LogP contribution in [-0.2, 0) is 11.3 Å². The number of hydrogen-bond donors (Lipinski definition) is 1. The topological polar surface area (TPSA) is 83.6 Å². The standard InChI is InChI=1S/C15H19N5O/c16-7-13-19-17-9-20(13)8-14(21)18-15-4-10-1-11(5-15)3-12(2-10)6-15/h9-12H,1-6,8H2,(H,18,21). The Morgan fingerprint density at radius 2 is 1.95 bits per heavy atom. The summed E-state index contributed by atoms with van der Waals surface area (Å²) in [5.74, 6) is 2.59. The molecule has 1 heterocycles. The van der Waals surface area contributed by atoms with Gasteiger partial charge in [0.2, 0.25) is 11.7 Å². The highest BCUT2D eigenvalue weighted by atomic mass is 16.2. The molecule has 1 aromatic heterocycles. The zero-order chi connectivity index (χ0) is 14.4. The first-order valence-electron chi connectivity index (χ1n) is 7.75. The van der Waals surface area contributed by atoms with Crippen LogP contribution in [0.4, 0.5) is 0 Å². The van der Waals surface area contributed by atoms with Crippen molar-refractivity contribution in [1.29, 1.82) is 5.26 Å². The van der Waals surface area contributed by atoms with E-state index in [4.69, 9.17) is 5.26 Å². The zero-order valence-corrected chi connectivity index (χ0v) is 12.0. The molecule has 0 spiro atoms. The van der Waals surface area contributed by atoms with Gasteiger partial charge in [-0.3, -0.25) is 9.36 Å². The number of nitrogens with one attached hydrogen (secondary N) is 1. The van der Waals surface area contributed by atoms with E-state index in [-0.39, 0.29) is 23.8 Å². The molecule has 5 rings (SSSR count). The highest BCUT2D eigenvalue weighted by molar-refractivity contribution is 5.76. The molecule has 1 N–H and O–H groups in total. The summed E-state index contributed by atoms with van der Waals surface area (Å²) < 4.78 is 1.51. The van der Waals surface area contributed by atoms with Crippen molar-refractivity contribution >= 4 is 5.91 Å². The number of carbonyl (C=O) groups excluding carboxylic acids is 1. The van der Waals surface area contributed by atoms with E-state index in [1.807, 2.05) is 6.07 Å². The first kappa shape index (κ1) is 12.8. The number of rotatable bonds is 3. The average Bonchev–Trinajstić information content (AvgIpc) is 2.83. The maximum Gasteiger partial charge on any atom is 0.240 e. The summed E-state index contributed by atoms with van der Waals surface area (Å²) in [6.45, 7) is 0.137. The van der Waals surface area contributed by atoms with Gasteiger partial charge in [0.15, 0.2) is 0 Å². The lowest BCUT2D eigenvalue weighted by Gasteiger charge is -2.56. The molecule has 21 heavy (non-hydrogen) atoms. The Hall–Kier alpha value is -1.90. The number of hydrogen-bond acceptors (Lipinski definition) is 4. The summed E-state index contributed by atoms with van der Waals surface area (Å²) in [7, 11) is 0. The molecular formula is C15H19N5O. The molecule has 0 saturated heterocycles. The van der Waals surface area contributed by atoms with E-state index in [0.29, 0.717) is 0 Å². The molecule has 4 aliphatic rings. The van der Waals surface area contributed by atoms with Crippen molar-refractivity contribution < 1.29 is 4.79 Å². The second kappa shape index (κ2) is 4.55. The van der Waals surface area contributed by atoms with Crippen LogP contribution in [0.2, 0.25) is 0 Å². The molecule has 4 fully saturated rings. The molecule has 1 aromatic rings. The predicted octanol–water partition coefficient (Wildman–Crippen LogP) is 1.23.